The highest BCUT2D eigenvalue weighted by Gasteiger charge is 2.35. The van der Waals surface area contributed by atoms with Gasteiger partial charge in [-0.15, -0.1) is 11.3 Å². The normalized spacial score (nSPS) is 22.3. The van der Waals surface area contributed by atoms with Crippen molar-refractivity contribution in [1.82, 2.24) is 14.1 Å². The molecular weight excluding hydrogens is 422 g/mol. The standard InChI is InChI=1S/C21H31N3O4S2/c25-20(22-11-5-6-12-22)17-7-13-24(14-8-17)30(27,28)19-15-18(16-29-19)21(26)23-9-3-1-2-4-10-23/h15-17H,1-14H2. The van der Waals surface area contributed by atoms with Crippen LogP contribution in [0.5, 0.6) is 0 Å². The van der Waals surface area contributed by atoms with E-state index in [1.165, 1.54) is 10.4 Å². The molecule has 0 aliphatic carbocycles. The summed E-state index contributed by atoms with van der Waals surface area (Å²) in [6.45, 7) is 3.88. The molecule has 7 nitrogen and oxygen atoms in total. The maximum absolute atomic E-state index is 13.1. The van der Waals surface area contributed by atoms with Crippen molar-refractivity contribution in [2.45, 2.75) is 55.6 Å². The zero-order valence-corrected chi connectivity index (χ0v) is 19.1. The highest BCUT2D eigenvalue weighted by Crippen LogP contribution is 2.30. The molecule has 1 aromatic heterocycles. The Kier molecular flexibility index (Phi) is 6.79. The number of rotatable bonds is 4. The molecule has 3 saturated heterocycles. The van der Waals surface area contributed by atoms with E-state index in [0.29, 0.717) is 31.5 Å². The van der Waals surface area contributed by atoms with Gasteiger partial charge in [-0.1, -0.05) is 12.8 Å². The van der Waals surface area contributed by atoms with Gasteiger partial charge in [-0.05, 0) is 44.6 Å². The van der Waals surface area contributed by atoms with Gasteiger partial charge < -0.3 is 9.80 Å². The number of hydrogen-bond acceptors (Lipinski definition) is 5. The summed E-state index contributed by atoms with van der Waals surface area (Å²) >= 11 is 1.12. The van der Waals surface area contributed by atoms with Crippen LogP contribution in [0.1, 0.15) is 61.7 Å². The third kappa shape index (κ3) is 4.57. The number of carbonyl (C=O) groups excluding carboxylic acids is 2. The quantitative estimate of drug-likeness (QED) is 0.702. The summed E-state index contributed by atoms with van der Waals surface area (Å²) in [6, 6.07) is 1.54. The van der Waals surface area contributed by atoms with Crippen LogP contribution in [0.4, 0.5) is 0 Å². The topological polar surface area (TPSA) is 78.0 Å². The molecular formula is C21H31N3O4S2. The average molecular weight is 454 g/mol. The highest BCUT2D eigenvalue weighted by molar-refractivity contribution is 7.91. The molecule has 3 aliphatic heterocycles. The summed E-state index contributed by atoms with van der Waals surface area (Å²) in [5, 5.41) is 1.67. The van der Waals surface area contributed by atoms with Crippen LogP contribution in [0.2, 0.25) is 0 Å². The Balaban J connectivity index is 1.38. The van der Waals surface area contributed by atoms with Crippen LogP contribution in [-0.4, -0.2) is 73.6 Å². The first kappa shape index (κ1) is 21.8. The van der Waals surface area contributed by atoms with Crippen molar-refractivity contribution in [3.05, 3.63) is 17.0 Å². The molecule has 2 amide bonds. The van der Waals surface area contributed by atoms with Crippen LogP contribution in [0.25, 0.3) is 0 Å². The first-order valence-corrected chi connectivity index (χ1v) is 13.5. The highest BCUT2D eigenvalue weighted by atomic mass is 32.2. The molecule has 0 aromatic carbocycles. The molecule has 0 saturated carbocycles. The number of amides is 2. The van der Waals surface area contributed by atoms with Crippen LogP contribution in [-0.2, 0) is 14.8 Å². The fourth-order valence-electron chi connectivity index (χ4n) is 4.69. The minimum absolute atomic E-state index is 0.0653. The van der Waals surface area contributed by atoms with Gasteiger partial charge in [0, 0.05) is 50.6 Å². The Hall–Kier alpha value is -1.45. The SMILES string of the molecule is O=C(c1csc(S(=O)(=O)N2CCC(C(=O)N3CCCC3)CC2)c1)N1CCCCCC1. The van der Waals surface area contributed by atoms with E-state index in [1.54, 1.807) is 5.38 Å². The van der Waals surface area contributed by atoms with E-state index in [-0.39, 0.29) is 21.9 Å². The van der Waals surface area contributed by atoms with Crippen LogP contribution >= 0.6 is 11.3 Å². The molecule has 30 heavy (non-hydrogen) atoms. The molecule has 0 bridgehead atoms. The van der Waals surface area contributed by atoms with Crippen LogP contribution in [0.3, 0.4) is 0 Å². The van der Waals surface area contributed by atoms with Crippen LogP contribution < -0.4 is 0 Å². The third-order valence-electron chi connectivity index (χ3n) is 6.53. The van der Waals surface area contributed by atoms with Crippen molar-refractivity contribution >= 4 is 33.2 Å². The first-order valence-electron chi connectivity index (χ1n) is 11.1. The Morgan fingerprint density at radius 2 is 1.40 bits per heavy atom. The molecule has 3 aliphatic rings. The molecule has 0 unspecified atom stereocenters. The van der Waals surface area contributed by atoms with Crippen molar-refractivity contribution in [3.63, 3.8) is 0 Å². The number of piperidine rings is 1. The van der Waals surface area contributed by atoms with E-state index >= 15 is 0 Å². The lowest BCUT2D eigenvalue weighted by Gasteiger charge is -2.32. The molecule has 0 radical (unpaired) electrons. The first-order chi connectivity index (χ1) is 14.5. The Bertz CT molecular complexity index is 861. The Morgan fingerprint density at radius 3 is 2.03 bits per heavy atom. The molecule has 0 atom stereocenters. The maximum Gasteiger partial charge on any atom is 0.254 e. The number of nitrogens with zero attached hydrogens (tertiary/aromatic N) is 3. The van der Waals surface area contributed by atoms with Gasteiger partial charge in [0.05, 0.1) is 5.56 Å². The fraction of sp³-hybridized carbons (Fsp3) is 0.714. The zero-order chi connectivity index (χ0) is 21.1. The van der Waals surface area contributed by atoms with Crippen molar-refractivity contribution < 1.29 is 18.0 Å². The van der Waals surface area contributed by atoms with Gasteiger partial charge >= 0.3 is 0 Å². The fourth-order valence-corrected chi connectivity index (χ4v) is 7.46. The van der Waals surface area contributed by atoms with Gasteiger partial charge in [-0.3, -0.25) is 9.59 Å². The summed E-state index contributed by atoms with van der Waals surface area (Å²) in [7, 11) is -3.62. The van der Waals surface area contributed by atoms with Gasteiger partial charge in [0.1, 0.15) is 4.21 Å². The van der Waals surface area contributed by atoms with Gasteiger partial charge in [0.25, 0.3) is 15.9 Å². The second kappa shape index (κ2) is 9.36. The molecule has 166 valence electrons. The second-order valence-corrected chi connectivity index (χ2v) is 11.6. The molecule has 9 heteroatoms. The Labute approximate surface area is 183 Å². The number of thiophene rings is 1. The van der Waals surface area contributed by atoms with Crippen molar-refractivity contribution in [2.24, 2.45) is 5.92 Å². The van der Waals surface area contributed by atoms with Gasteiger partial charge in [-0.25, -0.2) is 8.42 Å². The van der Waals surface area contributed by atoms with Gasteiger partial charge in [0.2, 0.25) is 5.91 Å². The van der Waals surface area contributed by atoms with E-state index in [0.717, 1.165) is 76.0 Å². The lowest BCUT2D eigenvalue weighted by molar-refractivity contribution is -0.135. The lowest BCUT2D eigenvalue weighted by Crippen LogP contribution is -2.43. The van der Waals surface area contributed by atoms with Crippen LogP contribution in [0, 0.1) is 5.92 Å². The summed E-state index contributed by atoms with van der Waals surface area (Å²) in [5.41, 5.74) is 0.472. The van der Waals surface area contributed by atoms with E-state index in [2.05, 4.69) is 0 Å². The van der Waals surface area contributed by atoms with E-state index in [9.17, 15) is 18.0 Å². The summed E-state index contributed by atoms with van der Waals surface area (Å²) < 4.78 is 27.9. The Morgan fingerprint density at radius 1 is 0.833 bits per heavy atom. The van der Waals surface area contributed by atoms with E-state index in [1.807, 2.05) is 9.80 Å². The molecule has 0 spiro atoms. The zero-order valence-electron chi connectivity index (χ0n) is 17.4. The van der Waals surface area contributed by atoms with Crippen molar-refractivity contribution in [3.8, 4) is 0 Å². The minimum Gasteiger partial charge on any atom is -0.342 e. The van der Waals surface area contributed by atoms with Gasteiger partial charge in [0.15, 0.2) is 0 Å². The molecule has 4 rings (SSSR count). The largest absolute Gasteiger partial charge is 0.342 e. The van der Waals surface area contributed by atoms with E-state index < -0.39 is 10.0 Å². The average Bonchev–Trinajstić information content (AvgIpc) is 3.41. The molecule has 1 aromatic rings. The third-order valence-corrected chi connectivity index (χ3v) is 9.84. The predicted octanol–water partition coefficient (Wildman–Crippen LogP) is 2.79. The maximum atomic E-state index is 13.1. The summed E-state index contributed by atoms with van der Waals surface area (Å²) in [5.74, 6) is 0.0496. The summed E-state index contributed by atoms with van der Waals surface area (Å²) in [4.78, 5) is 29.2. The smallest absolute Gasteiger partial charge is 0.254 e. The molecule has 0 N–H and O–H groups in total. The van der Waals surface area contributed by atoms with Gasteiger partial charge in [-0.2, -0.15) is 4.31 Å². The second-order valence-electron chi connectivity index (χ2n) is 8.57. The van der Waals surface area contributed by atoms with Crippen molar-refractivity contribution in [1.29, 1.82) is 0 Å². The van der Waals surface area contributed by atoms with E-state index in [4.69, 9.17) is 0 Å². The minimum atomic E-state index is -3.62. The summed E-state index contributed by atoms with van der Waals surface area (Å²) in [6.07, 6.45) is 7.56. The predicted molar refractivity (Wildman–Crippen MR) is 116 cm³/mol. The molecule has 3 fully saturated rings. The number of hydrogen-bond donors (Lipinski definition) is 0. The van der Waals surface area contributed by atoms with Crippen LogP contribution in [0.15, 0.2) is 15.7 Å². The number of likely N-dealkylation sites (tertiary alicyclic amines) is 2. The molecule has 4 heterocycles. The lowest BCUT2D eigenvalue weighted by atomic mass is 9.97. The monoisotopic (exact) mass is 453 g/mol. The number of carbonyl (C=O) groups is 2. The number of sulfonamides is 1. The van der Waals surface area contributed by atoms with Crippen molar-refractivity contribution in [2.75, 3.05) is 39.3 Å².